The highest BCUT2D eigenvalue weighted by Gasteiger charge is 2.25. The largest absolute Gasteiger partial charge is 0.472 e. The van der Waals surface area contributed by atoms with Crippen molar-refractivity contribution >= 4 is 19.8 Å². The molecule has 0 aliphatic heterocycles. The van der Waals surface area contributed by atoms with Gasteiger partial charge in [-0.1, -0.05) is 205 Å². The molecule has 0 amide bonds. The SMILES string of the molecule is CCCCCC/C=C\C/C=C\CCCCCCCC(=O)OC(COC(=O)CCCCCCCCCCCCCCCCCCCCCCC)COP(=O)(O)OCC. The minimum atomic E-state index is -4.28. The molecule has 0 saturated carbocycles. The minimum absolute atomic E-state index is 0.000385. The fraction of sp³-hybridized carbons (Fsp3) is 0.875. The Labute approximate surface area is 352 Å². The molecule has 2 atom stereocenters. The second-order valence-electron chi connectivity index (χ2n) is 16.1. The lowest BCUT2D eigenvalue weighted by Crippen LogP contribution is -2.29. The van der Waals surface area contributed by atoms with Crippen LogP contribution in [0.3, 0.4) is 0 Å². The number of carbonyl (C=O) groups is 2. The number of ether oxygens (including phenoxy) is 2. The minimum Gasteiger partial charge on any atom is -0.462 e. The number of allylic oxidation sites excluding steroid dienone is 4. The van der Waals surface area contributed by atoms with Crippen molar-refractivity contribution in [2.75, 3.05) is 19.8 Å². The lowest BCUT2D eigenvalue weighted by Gasteiger charge is -2.19. The summed E-state index contributed by atoms with van der Waals surface area (Å²) in [4.78, 5) is 34.8. The molecule has 0 spiro atoms. The van der Waals surface area contributed by atoms with E-state index < -0.39 is 26.5 Å². The number of unbranched alkanes of at least 4 members (excludes halogenated alkanes) is 29. The molecule has 0 radical (unpaired) electrons. The fourth-order valence-corrected chi connectivity index (χ4v) is 7.71. The summed E-state index contributed by atoms with van der Waals surface area (Å²) in [5.41, 5.74) is 0. The first-order valence-electron chi connectivity index (χ1n) is 24.1. The second-order valence-corrected chi connectivity index (χ2v) is 17.6. The molecule has 57 heavy (non-hydrogen) atoms. The molecule has 0 aromatic heterocycles. The summed E-state index contributed by atoms with van der Waals surface area (Å²) in [5, 5.41) is 0. The van der Waals surface area contributed by atoms with E-state index in [0.29, 0.717) is 12.8 Å². The predicted molar refractivity (Wildman–Crippen MR) is 239 cm³/mol. The van der Waals surface area contributed by atoms with Crippen molar-refractivity contribution in [2.45, 2.75) is 252 Å². The molecule has 9 heteroatoms. The number of hydrogen-bond donors (Lipinski definition) is 1. The molecule has 0 aliphatic rings. The van der Waals surface area contributed by atoms with Crippen LogP contribution in [0.2, 0.25) is 0 Å². The van der Waals surface area contributed by atoms with Gasteiger partial charge >= 0.3 is 19.8 Å². The monoisotopic (exact) mass is 827 g/mol. The van der Waals surface area contributed by atoms with Gasteiger partial charge in [-0.25, -0.2) is 4.57 Å². The maximum atomic E-state index is 12.6. The fourth-order valence-electron chi connectivity index (χ4n) is 6.96. The molecule has 0 fully saturated rings. The molecule has 0 bridgehead atoms. The van der Waals surface area contributed by atoms with E-state index in [9.17, 15) is 19.0 Å². The molecule has 336 valence electrons. The number of hydrogen-bond acceptors (Lipinski definition) is 7. The van der Waals surface area contributed by atoms with Crippen LogP contribution in [0.5, 0.6) is 0 Å². The van der Waals surface area contributed by atoms with Gasteiger partial charge in [0.2, 0.25) is 0 Å². The van der Waals surface area contributed by atoms with E-state index in [-0.39, 0.29) is 25.6 Å². The van der Waals surface area contributed by atoms with Gasteiger partial charge in [-0.2, -0.15) is 0 Å². The van der Waals surface area contributed by atoms with Crippen LogP contribution in [-0.4, -0.2) is 42.8 Å². The van der Waals surface area contributed by atoms with Gasteiger partial charge in [0, 0.05) is 12.8 Å². The van der Waals surface area contributed by atoms with E-state index >= 15 is 0 Å². The quantitative estimate of drug-likeness (QED) is 0.0280. The van der Waals surface area contributed by atoms with E-state index in [2.05, 4.69) is 38.2 Å². The molecule has 0 aromatic rings. The lowest BCUT2D eigenvalue weighted by atomic mass is 10.0. The zero-order valence-corrected chi connectivity index (χ0v) is 38.4. The van der Waals surface area contributed by atoms with Gasteiger partial charge in [-0.05, 0) is 51.9 Å². The average molecular weight is 827 g/mol. The van der Waals surface area contributed by atoms with Gasteiger partial charge in [0.15, 0.2) is 6.10 Å². The van der Waals surface area contributed by atoms with Crippen LogP contribution in [0.25, 0.3) is 0 Å². The lowest BCUT2D eigenvalue weighted by molar-refractivity contribution is -0.161. The summed E-state index contributed by atoms with van der Waals surface area (Å²) in [5.74, 6) is -0.801. The van der Waals surface area contributed by atoms with Gasteiger partial charge in [-0.15, -0.1) is 0 Å². The van der Waals surface area contributed by atoms with Crippen LogP contribution in [0.1, 0.15) is 245 Å². The topological polar surface area (TPSA) is 108 Å². The Balaban J connectivity index is 3.98. The number of rotatable bonds is 45. The first-order valence-corrected chi connectivity index (χ1v) is 25.6. The Morgan fingerprint density at radius 3 is 1.26 bits per heavy atom. The van der Waals surface area contributed by atoms with Gasteiger partial charge in [0.25, 0.3) is 0 Å². The van der Waals surface area contributed by atoms with Crippen molar-refractivity contribution in [3.63, 3.8) is 0 Å². The second kappa shape index (κ2) is 44.1. The summed E-state index contributed by atoms with van der Waals surface area (Å²) in [6.07, 6.45) is 49.5. The highest BCUT2D eigenvalue weighted by atomic mass is 31.2. The maximum absolute atomic E-state index is 12.6. The molecule has 2 unspecified atom stereocenters. The van der Waals surface area contributed by atoms with Crippen molar-refractivity contribution in [1.82, 2.24) is 0 Å². The zero-order chi connectivity index (χ0) is 41.8. The molecule has 8 nitrogen and oxygen atoms in total. The zero-order valence-electron chi connectivity index (χ0n) is 37.5. The Bertz CT molecular complexity index is 983. The number of phosphoric acid groups is 1. The summed E-state index contributed by atoms with van der Waals surface area (Å²) in [6.45, 7) is 5.48. The van der Waals surface area contributed by atoms with Crippen molar-refractivity contribution in [3.05, 3.63) is 24.3 Å². The first-order chi connectivity index (χ1) is 27.8. The van der Waals surface area contributed by atoms with Crippen LogP contribution in [0.15, 0.2) is 24.3 Å². The van der Waals surface area contributed by atoms with Crippen molar-refractivity contribution in [1.29, 1.82) is 0 Å². The Morgan fingerprint density at radius 2 is 0.842 bits per heavy atom. The molecular weight excluding hydrogens is 735 g/mol. The smallest absolute Gasteiger partial charge is 0.462 e. The van der Waals surface area contributed by atoms with Gasteiger partial charge in [0.05, 0.1) is 13.2 Å². The van der Waals surface area contributed by atoms with Crippen LogP contribution < -0.4 is 0 Å². The third-order valence-corrected chi connectivity index (χ3v) is 11.6. The number of esters is 2. The van der Waals surface area contributed by atoms with Crippen LogP contribution in [-0.2, 0) is 32.7 Å². The molecule has 0 heterocycles. The van der Waals surface area contributed by atoms with Gasteiger partial charge in [0.1, 0.15) is 6.61 Å². The van der Waals surface area contributed by atoms with Crippen LogP contribution in [0.4, 0.5) is 0 Å². The van der Waals surface area contributed by atoms with E-state index in [1.807, 2.05) is 0 Å². The Hall–Kier alpha value is -1.47. The molecule has 0 aromatic carbocycles. The molecule has 0 aliphatic carbocycles. The summed E-state index contributed by atoms with van der Waals surface area (Å²) >= 11 is 0. The van der Waals surface area contributed by atoms with Crippen molar-refractivity contribution < 1.29 is 37.6 Å². The van der Waals surface area contributed by atoms with Crippen molar-refractivity contribution in [2.24, 2.45) is 0 Å². The molecular formula is C48H91O8P. The highest BCUT2D eigenvalue weighted by molar-refractivity contribution is 7.47. The van der Waals surface area contributed by atoms with E-state index in [1.165, 1.54) is 148 Å². The third-order valence-electron chi connectivity index (χ3n) is 10.5. The Morgan fingerprint density at radius 1 is 0.474 bits per heavy atom. The van der Waals surface area contributed by atoms with Crippen molar-refractivity contribution in [3.8, 4) is 0 Å². The highest BCUT2D eigenvalue weighted by Crippen LogP contribution is 2.43. The third kappa shape index (κ3) is 43.9. The summed E-state index contributed by atoms with van der Waals surface area (Å²) < 4.78 is 32.7. The van der Waals surface area contributed by atoms with E-state index in [1.54, 1.807) is 6.92 Å². The predicted octanol–water partition coefficient (Wildman–Crippen LogP) is 15.4. The maximum Gasteiger partial charge on any atom is 0.472 e. The van der Waals surface area contributed by atoms with Crippen LogP contribution in [0, 0.1) is 0 Å². The average Bonchev–Trinajstić information content (AvgIpc) is 3.19. The summed E-state index contributed by atoms with van der Waals surface area (Å²) in [6, 6.07) is 0. The standard InChI is InChI=1S/C48H91O8P/c1-4-7-9-11-13-15-17-19-21-23-24-25-26-27-29-30-32-34-36-38-40-42-47(49)53-44-46(45-55-57(51,52)54-6-3)56-48(50)43-41-39-37-35-33-31-28-22-20-18-16-14-12-10-8-5-2/h16,18,22,28,46H,4-15,17,19-21,23-27,29-45H2,1-3H3,(H,51,52)/b18-16-,28-22-. The number of phosphoric ester groups is 1. The Kier molecular flexibility index (Phi) is 43.0. The van der Waals surface area contributed by atoms with E-state index in [4.69, 9.17) is 18.5 Å². The first kappa shape index (κ1) is 55.5. The molecule has 0 rings (SSSR count). The van der Waals surface area contributed by atoms with E-state index in [0.717, 1.165) is 57.8 Å². The van der Waals surface area contributed by atoms with Crippen LogP contribution >= 0.6 is 7.82 Å². The number of carbonyl (C=O) groups excluding carboxylic acids is 2. The molecule has 0 saturated heterocycles. The van der Waals surface area contributed by atoms with Gasteiger partial charge < -0.3 is 14.4 Å². The van der Waals surface area contributed by atoms with Gasteiger partial charge in [-0.3, -0.25) is 18.6 Å². The normalized spacial score (nSPS) is 13.4. The molecule has 1 N–H and O–H groups in total. The summed E-state index contributed by atoms with van der Waals surface area (Å²) in [7, 11) is -4.28.